The van der Waals surface area contributed by atoms with Crippen LogP contribution in [0.15, 0.2) is 42.5 Å². The molecule has 2 amide bonds. The van der Waals surface area contributed by atoms with Gasteiger partial charge in [-0.2, -0.15) is 0 Å². The predicted octanol–water partition coefficient (Wildman–Crippen LogP) is 3.30. The van der Waals surface area contributed by atoms with Gasteiger partial charge in [-0.05, 0) is 40.8 Å². The molecule has 2 N–H and O–H groups in total. The Labute approximate surface area is 166 Å². The lowest BCUT2D eigenvalue weighted by molar-refractivity contribution is -0.123. The number of hydrogen-bond donors (Lipinski definition) is 2. The summed E-state index contributed by atoms with van der Waals surface area (Å²) in [6, 6.07) is 13.0. The van der Waals surface area contributed by atoms with Crippen LogP contribution in [0.25, 0.3) is 0 Å². The van der Waals surface area contributed by atoms with E-state index < -0.39 is 0 Å². The highest BCUT2D eigenvalue weighted by atomic mass is 16.5. The van der Waals surface area contributed by atoms with Crippen molar-refractivity contribution >= 4 is 17.5 Å². The molecule has 0 radical (unpaired) electrons. The molecule has 2 rings (SSSR count). The molecule has 0 bridgehead atoms. The Morgan fingerprint density at radius 3 is 2.11 bits per heavy atom. The molecule has 0 fully saturated rings. The number of rotatable bonds is 7. The smallest absolute Gasteiger partial charge is 0.243 e. The Balaban J connectivity index is 1.84. The minimum Gasteiger partial charge on any atom is -0.493 e. The first-order valence-corrected chi connectivity index (χ1v) is 9.11. The van der Waals surface area contributed by atoms with E-state index in [2.05, 4.69) is 31.4 Å². The number of ether oxygens (including phenoxy) is 2. The highest BCUT2D eigenvalue weighted by Gasteiger charge is 2.13. The Bertz CT molecular complexity index is 823. The molecule has 28 heavy (non-hydrogen) atoms. The van der Waals surface area contributed by atoms with Gasteiger partial charge in [0.2, 0.25) is 11.8 Å². The van der Waals surface area contributed by atoms with E-state index in [1.54, 1.807) is 32.4 Å². The number of carbonyl (C=O) groups excluding carboxylic acids is 2. The molecule has 0 saturated carbocycles. The van der Waals surface area contributed by atoms with Crippen LogP contribution in [0.4, 0.5) is 5.69 Å². The molecule has 6 heteroatoms. The van der Waals surface area contributed by atoms with E-state index in [-0.39, 0.29) is 30.2 Å². The fourth-order valence-corrected chi connectivity index (χ4v) is 2.68. The van der Waals surface area contributed by atoms with Crippen molar-refractivity contribution in [2.45, 2.75) is 32.6 Å². The van der Waals surface area contributed by atoms with Gasteiger partial charge in [0, 0.05) is 5.69 Å². The zero-order chi connectivity index (χ0) is 20.7. The number of hydrogen-bond acceptors (Lipinski definition) is 4. The van der Waals surface area contributed by atoms with Gasteiger partial charge >= 0.3 is 0 Å². The second-order valence-electron chi connectivity index (χ2n) is 7.52. The molecule has 0 atom stereocenters. The molecule has 0 spiro atoms. The lowest BCUT2D eigenvalue weighted by atomic mass is 9.87. The predicted molar refractivity (Wildman–Crippen MR) is 110 cm³/mol. The number of benzene rings is 2. The van der Waals surface area contributed by atoms with Crippen LogP contribution in [0.2, 0.25) is 0 Å². The van der Waals surface area contributed by atoms with E-state index in [4.69, 9.17) is 9.47 Å². The standard InChI is InChI=1S/C22H28N2O4/c1-22(2,3)16-7-9-17(10-8-16)24-21(26)14-23-20(25)13-15-6-11-18(27-4)19(12-15)28-5/h6-12H,13-14H2,1-5H3,(H,23,25)(H,24,26). The lowest BCUT2D eigenvalue weighted by Gasteiger charge is -2.19. The molecular formula is C22H28N2O4. The topological polar surface area (TPSA) is 76.7 Å². The van der Waals surface area contributed by atoms with Gasteiger partial charge in [0.05, 0.1) is 27.2 Å². The molecule has 2 aromatic carbocycles. The van der Waals surface area contributed by atoms with Crippen molar-refractivity contribution in [3.63, 3.8) is 0 Å². The molecule has 0 aliphatic carbocycles. The van der Waals surface area contributed by atoms with Crippen LogP contribution in [0.5, 0.6) is 11.5 Å². The first-order chi connectivity index (χ1) is 13.2. The molecule has 0 saturated heterocycles. The highest BCUT2D eigenvalue weighted by molar-refractivity contribution is 5.94. The molecule has 0 aromatic heterocycles. The largest absolute Gasteiger partial charge is 0.493 e. The molecule has 2 aromatic rings. The summed E-state index contributed by atoms with van der Waals surface area (Å²) < 4.78 is 10.4. The quantitative estimate of drug-likeness (QED) is 0.768. The first kappa shape index (κ1) is 21.3. The van der Waals surface area contributed by atoms with Crippen molar-refractivity contribution in [2.75, 3.05) is 26.1 Å². The third kappa shape index (κ3) is 6.01. The number of carbonyl (C=O) groups is 2. The molecule has 0 aliphatic rings. The third-order valence-electron chi connectivity index (χ3n) is 4.29. The fourth-order valence-electron chi connectivity index (χ4n) is 2.68. The fraction of sp³-hybridized carbons (Fsp3) is 0.364. The maximum atomic E-state index is 12.1. The van der Waals surface area contributed by atoms with E-state index in [1.807, 2.05) is 24.3 Å². The van der Waals surface area contributed by atoms with E-state index >= 15 is 0 Å². The number of amides is 2. The summed E-state index contributed by atoms with van der Waals surface area (Å²) in [6.07, 6.45) is 0.147. The third-order valence-corrected chi connectivity index (χ3v) is 4.29. The van der Waals surface area contributed by atoms with Crippen molar-refractivity contribution < 1.29 is 19.1 Å². The van der Waals surface area contributed by atoms with Gasteiger partial charge in [-0.25, -0.2) is 0 Å². The SMILES string of the molecule is COc1ccc(CC(=O)NCC(=O)Nc2ccc(C(C)(C)C)cc2)cc1OC. The Hall–Kier alpha value is -3.02. The Morgan fingerprint density at radius 1 is 0.893 bits per heavy atom. The van der Waals surface area contributed by atoms with Crippen molar-refractivity contribution in [1.82, 2.24) is 5.32 Å². The van der Waals surface area contributed by atoms with Crippen LogP contribution < -0.4 is 20.1 Å². The van der Waals surface area contributed by atoms with Gasteiger partial charge in [-0.3, -0.25) is 9.59 Å². The van der Waals surface area contributed by atoms with E-state index in [0.29, 0.717) is 17.2 Å². The van der Waals surface area contributed by atoms with Gasteiger partial charge in [0.1, 0.15) is 0 Å². The summed E-state index contributed by atoms with van der Waals surface area (Å²) in [6.45, 7) is 6.31. The summed E-state index contributed by atoms with van der Waals surface area (Å²) in [5, 5.41) is 5.41. The van der Waals surface area contributed by atoms with E-state index in [1.165, 1.54) is 5.56 Å². The Morgan fingerprint density at radius 2 is 1.54 bits per heavy atom. The number of methoxy groups -OCH3 is 2. The van der Waals surface area contributed by atoms with Crippen molar-refractivity contribution in [3.8, 4) is 11.5 Å². The zero-order valence-electron chi connectivity index (χ0n) is 17.1. The van der Waals surface area contributed by atoms with Crippen molar-refractivity contribution in [3.05, 3.63) is 53.6 Å². The molecule has 150 valence electrons. The maximum Gasteiger partial charge on any atom is 0.243 e. The van der Waals surface area contributed by atoms with Crippen molar-refractivity contribution in [1.29, 1.82) is 0 Å². The van der Waals surface area contributed by atoms with Crippen LogP contribution in [0.1, 0.15) is 31.9 Å². The first-order valence-electron chi connectivity index (χ1n) is 9.11. The molecule has 0 heterocycles. The minimum absolute atomic E-state index is 0.0562. The zero-order valence-corrected chi connectivity index (χ0v) is 17.1. The van der Waals surface area contributed by atoms with Crippen LogP contribution in [-0.4, -0.2) is 32.6 Å². The average Bonchev–Trinajstić information content (AvgIpc) is 2.66. The van der Waals surface area contributed by atoms with Gasteiger partial charge in [-0.15, -0.1) is 0 Å². The molecule has 6 nitrogen and oxygen atoms in total. The minimum atomic E-state index is -0.274. The summed E-state index contributed by atoms with van der Waals surface area (Å²) in [4.78, 5) is 24.2. The van der Waals surface area contributed by atoms with Crippen LogP contribution in [0.3, 0.4) is 0 Å². The van der Waals surface area contributed by atoms with E-state index in [0.717, 1.165) is 5.56 Å². The average molecular weight is 384 g/mol. The van der Waals surface area contributed by atoms with Gasteiger partial charge in [0.15, 0.2) is 11.5 Å². The van der Waals surface area contributed by atoms with Crippen molar-refractivity contribution in [2.24, 2.45) is 0 Å². The molecular weight excluding hydrogens is 356 g/mol. The summed E-state index contributed by atoms with van der Waals surface area (Å²) in [5.74, 6) is 0.641. The lowest BCUT2D eigenvalue weighted by Crippen LogP contribution is -2.33. The second-order valence-corrected chi connectivity index (χ2v) is 7.52. The normalized spacial score (nSPS) is 10.9. The number of nitrogens with one attached hydrogen (secondary N) is 2. The second kappa shape index (κ2) is 9.26. The van der Waals surface area contributed by atoms with Crippen LogP contribution in [0, 0.1) is 0 Å². The highest BCUT2D eigenvalue weighted by Crippen LogP contribution is 2.27. The Kier molecular flexibility index (Phi) is 7.04. The van der Waals surface area contributed by atoms with Gasteiger partial charge in [-0.1, -0.05) is 39.0 Å². The van der Waals surface area contributed by atoms with Gasteiger partial charge in [0.25, 0.3) is 0 Å². The van der Waals surface area contributed by atoms with Crippen LogP contribution >= 0.6 is 0 Å². The van der Waals surface area contributed by atoms with Crippen LogP contribution in [-0.2, 0) is 21.4 Å². The maximum absolute atomic E-state index is 12.1. The monoisotopic (exact) mass is 384 g/mol. The number of anilines is 1. The summed E-state index contributed by atoms with van der Waals surface area (Å²) in [5.41, 5.74) is 2.72. The van der Waals surface area contributed by atoms with E-state index in [9.17, 15) is 9.59 Å². The molecule has 0 aliphatic heterocycles. The molecule has 0 unspecified atom stereocenters. The summed E-state index contributed by atoms with van der Waals surface area (Å²) >= 11 is 0. The summed E-state index contributed by atoms with van der Waals surface area (Å²) in [7, 11) is 3.10. The van der Waals surface area contributed by atoms with Gasteiger partial charge < -0.3 is 20.1 Å².